The number of nitrogens with zero attached hydrogens (tertiary/aromatic N) is 1. The van der Waals surface area contributed by atoms with Gasteiger partial charge in [-0.05, 0) is 25.1 Å². The van der Waals surface area contributed by atoms with E-state index < -0.39 is 17.3 Å². The second-order valence-corrected chi connectivity index (χ2v) is 3.64. The second-order valence-electron chi connectivity index (χ2n) is 3.64. The van der Waals surface area contributed by atoms with E-state index in [-0.39, 0.29) is 0 Å². The minimum atomic E-state index is -1.31. The number of carboxylic acid groups (broad SMARTS) is 1. The number of hydrogen-bond donors (Lipinski definition) is 1. The summed E-state index contributed by atoms with van der Waals surface area (Å²) in [6.07, 6.45) is 0. The van der Waals surface area contributed by atoms with E-state index in [2.05, 4.69) is 4.98 Å². The molecule has 0 unspecified atom stereocenters. The maximum atomic E-state index is 13.4. The number of hydrogen-bond acceptors (Lipinski definition) is 3. The van der Waals surface area contributed by atoms with Gasteiger partial charge in [0.05, 0.1) is 18.2 Å². The van der Waals surface area contributed by atoms with E-state index in [1.807, 2.05) is 0 Å². The predicted octanol–water partition coefficient (Wildman–Crippen LogP) is 2.39. The summed E-state index contributed by atoms with van der Waals surface area (Å²) in [6, 6.07) is 4.07. The number of benzene rings is 1. The van der Waals surface area contributed by atoms with Crippen LogP contribution in [0.2, 0.25) is 0 Å². The van der Waals surface area contributed by atoms with Crippen LogP contribution in [-0.2, 0) is 0 Å². The van der Waals surface area contributed by atoms with Crippen LogP contribution in [0.5, 0.6) is 5.88 Å². The molecular formula is C12H10FNO3. The van der Waals surface area contributed by atoms with Crippen molar-refractivity contribution in [1.82, 2.24) is 4.98 Å². The first-order valence-corrected chi connectivity index (χ1v) is 4.91. The fourth-order valence-electron chi connectivity index (χ4n) is 1.65. The molecule has 0 spiro atoms. The van der Waals surface area contributed by atoms with Gasteiger partial charge in [-0.15, -0.1) is 0 Å². The van der Waals surface area contributed by atoms with Crippen LogP contribution in [0.15, 0.2) is 18.2 Å². The number of fused-ring (bicyclic) bond motifs is 1. The molecule has 88 valence electrons. The molecule has 2 aromatic rings. The molecule has 0 aliphatic rings. The Morgan fingerprint density at radius 2 is 2.12 bits per heavy atom. The molecule has 2 rings (SSSR count). The molecule has 0 saturated carbocycles. The highest BCUT2D eigenvalue weighted by Gasteiger charge is 2.13. The summed E-state index contributed by atoms with van der Waals surface area (Å²) >= 11 is 0. The average Bonchev–Trinajstić information content (AvgIpc) is 2.27. The molecule has 0 fully saturated rings. The van der Waals surface area contributed by atoms with E-state index in [0.717, 1.165) is 11.6 Å². The van der Waals surface area contributed by atoms with Crippen LogP contribution in [-0.4, -0.2) is 23.2 Å². The first kappa shape index (κ1) is 11.3. The molecule has 1 aromatic heterocycles. The van der Waals surface area contributed by atoms with E-state index in [1.165, 1.54) is 13.2 Å². The van der Waals surface area contributed by atoms with Crippen LogP contribution in [0.25, 0.3) is 10.9 Å². The SMILES string of the molecule is COc1nc2cc(C(=O)O)c(F)cc2cc1C. The van der Waals surface area contributed by atoms with Crippen molar-refractivity contribution in [3.8, 4) is 5.88 Å². The zero-order chi connectivity index (χ0) is 12.6. The minimum Gasteiger partial charge on any atom is -0.481 e. The third-order valence-electron chi connectivity index (χ3n) is 2.47. The highest BCUT2D eigenvalue weighted by molar-refractivity contribution is 5.93. The monoisotopic (exact) mass is 235 g/mol. The minimum absolute atomic E-state index is 0.393. The van der Waals surface area contributed by atoms with Gasteiger partial charge in [-0.25, -0.2) is 14.2 Å². The number of carbonyl (C=O) groups is 1. The Bertz CT molecular complexity index is 610. The van der Waals surface area contributed by atoms with Crippen molar-refractivity contribution in [2.24, 2.45) is 0 Å². The Labute approximate surface area is 96.7 Å². The number of carboxylic acids is 1. The quantitative estimate of drug-likeness (QED) is 0.868. The van der Waals surface area contributed by atoms with Crippen LogP contribution in [0.4, 0.5) is 4.39 Å². The van der Waals surface area contributed by atoms with Gasteiger partial charge in [0.25, 0.3) is 0 Å². The molecule has 0 atom stereocenters. The van der Waals surface area contributed by atoms with Gasteiger partial charge in [-0.3, -0.25) is 0 Å². The lowest BCUT2D eigenvalue weighted by atomic mass is 10.1. The smallest absolute Gasteiger partial charge is 0.338 e. The van der Waals surface area contributed by atoms with Crippen molar-refractivity contribution in [2.75, 3.05) is 7.11 Å². The number of ether oxygens (including phenoxy) is 1. The molecule has 17 heavy (non-hydrogen) atoms. The molecule has 4 nitrogen and oxygen atoms in total. The maximum Gasteiger partial charge on any atom is 0.338 e. The molecule has 1 aromatic carbocycles. The average molecular weight is 235 g/mol. The third kappa shape index (κ3) is 1.91. The summed E-state index contributed by atoms with van der Waals surface area (Å²) in [6.45, 7) is 1.79. The van der Waals surface area contributed by atoms with Crippen LogP contribution in [0.1, 0.15) is 15.9 Å². The molecule has 0 aliphatic carbocycles. The first-order chi connectivity index (χ1) is 8.02. The normalized spacial score (nSPS) is 10.5. The van der Waals surface area contributed by atoms with Gasteiger partial charge in [0.15, 0.2) is 0 Å². The van der Waals surface area contributed by atoms with Gasteiger partial charge in [0, 0.05) is 10.9 Å². The number of pyridine rings is 1. The lowest BCUT2D eigenvalue weighted by molar-refractivity contribution is 0.0692. The van der Waals surface area contributed by atoms with Crippen LogP contribution < -0.4 is 4.74 Å². The number of methoxy groups -OCH3 is 1. The number of aromatic nitrogens is 1. The van der Waals surface area contributed by atoms with Crippen LogP contribution in [0, 0.1) is 12.7 Å². The Morgan fingerprint density at radius 1 is 1.41 bits per heavy atom. The summed E-state index contributed by atoms with van der Waals surface area (Å²) in [7, 11) is 1.47. The van der Waals surface area contributed by atoms with Crippen LogP contribution >= 0.6 is 0 Å². The molecule has 1 N–H and O–H groups in total. The molecule has 0 aliphatic heterocycles. The van der Waals surface area contributed by atoms with Gasteiger partial charge in [0.1, 0.15) is 5.82 Å². The fourth-order valence-corrected chi connectivity index (χ4v) is 1.65. The summed E-state index contributed by atoms with van der Waals surface area (Å²) in [5.74, 6) is -1.68. The Hall–Kier alpha value is -2.17. The highest BCUT2D eigenvalue weighted by Crippen LogP contribution is 2.23. The first-order valence-electron chi connectivity index (χ1n) is 4.91. The van der Waals surface area contributed by atoms with Gasteiger partial charge in [-0.1, -0.05) is 0 Å². The summed E-state index contributed by atoms with van der Waals surface area (Å²) < 4.78 is 18.5. The van der Waals surface area contributed by atoms with Crippen molar-refractivity contribution in [3.63, 3.8) is 0 Å². The van der Waals surface area contributed by atoms with E-state index in [0.29, 0.717) is 16.8 Å². The Morgan fingerprint density at radius 3 is 2.71 bits per heavy atom. The molecule has 1 heterocycles. The molecule has 0 bridgehead atoms. The predicted molar refractivity (Wildman–Crippen MR) is 59.9 cm³/mol. The molecular weight excluding hydrogens is 225 g/mol. The topological polar surface area (TPSA) is 59.4 Å². The van der Waals surface area contributed by atoms with Gasteiger partial charge in [0.2, 0.25) is 5.88 Å². The lowest BCUT2D eigenvalue weighted by Crippen LogP contribution is -2.01. The van der Waals surface area contributed by atoms with E-state index in [1.54, 1.807) is 13.0 Å². The number of aromatic carboxylic acids is 1. The summed E-state index contributed by atoms with van der Waals surface area (Å²) in [4.78, 5) is 14.9. The largest absolute Gasteiger partial charge is 0.481 e. The summed E-state index contributed by atoms with van der Waals surface area (Å²) in [5.41, 5.74) is 0.768. The zero-order valence-corrected chi connectivity index (χ0v) is 9.32. The zero-order valence-electron chi connectivity index (χ0n) is 9.32. The van der Waals surface area contributed by atoms with Crippen molar-refractivity contribution in [3.05, 3.63) is 35.1 Å². The van der Waals surface area contributed by atoms with Crippen molar-refractivity contribution in [1.29, 1.82) is 0 Å². The maximum absolute atomic E-state index is 13.4. The third-order valence-corrected chi connectivity index (χ3v) is 2.47. The molecule has 0 radical (unpaired) electrons. The van der Waals surface area contributed by atoms with E-state index in [4.69, 9.17) is 9.84 Å². The van der Waals surface area contributed by atoms with Gasteiger partial charge in [-0.2, -0.15) is 0 Å². The van der Waals surface area contributed by atoms with Gasteiger partial charge >= 0.3 is 5.97 Å². The van der Waals surface area contributed by atoms with Crippen molar-refractivity contribution < 1.29 is 19.0 Å². The van der Waals surface area contributed by atoms with Crippen molar-refractivity contribution in [2.45, 2.75) is 6.92 Å². The lowest BCUT2D eigenvalue weighted by Gasteiger charge is -2.06. The van der Waals surface area contributed by atoms with E-state index >= 15 is 0 Å². The Balaban J connectivity index is 2.75. The van der Waals surface area contributed by atoms with Gasteiger partial charge < -0.3 is 9.84 Å². The number of rotatable bonds is 2. The van der Waals surface area contributed by atoms with Crippen molar-refractivity contribution >= 4 is 16.9 Å². The standard InChI is InChI=1S/C12H10FNO3/c1-6-3-7-4-9(13)8(12(15)16)5-10(7)14-11(6)17-2/h3-5H,1-2H3,(H,15,16). The van der Waals surface area contributed by atoms with Crippen LogP contribution in [0.3, 0.4) is 0 Å². The Kier molecular flexibility index (Phi) is 2.67. The second kappa shape index (κ2) is 4.01. The fraction of sp³-hybridized carbons (Fsp3) is 0.167. The molecule has 5 heteroatoms. The number of halogens is 1. The van der Waals surface area contributed by atoms with E-state index in [9.17, 15) is 9.18 Å². The number of aryl methyl sites for hydroxylation is 1. The highest BCUT2D eigenvalue weighted by atomic mass is 19.1. The molecule has 0 amide bonds. The summed E-state index contributed by atoms with van der Waals surface area (Å²) in [5, 5.41) is 9.35. The molecule has 0 saturated heterocycles.